The molecule has 0 saturated heterocycles. The smallest absolute Gasteiger partial charge is 0.292 e. The van der Waals surface area contributed by atoms with Crippen LogP contribution < -0.4 is 11.5 Å². The summed E-state index contributed by atoms with van der Waals surface area (Å²) in [7, 11) is 0. The second-order valence-corrected chi connectivity index (χ2v) is 3.42. The standard InChI is InChI=1S/C11H13N3O/c1-7-2-3-8(4-9(7)5-12)10-6-15-11(13)14-10/h2-4,6H,5,12H2,1H3,(H2,13,14). The van der Waals surface area contributed by atoms with Crippen LogP contribution in [0, 0.1) is 6.92 Å². The maximum atomic E-state index is 5.63. The Kier molecular flexibility index (Phi) is 2.43. The molecule has 2 rings (SSSR count). The third-order valence-corrected chi connectivity index (χ3v) is 2.39. The zero-order valence-electron chi connectivity index (χ0n) is 8.53. The number of anilines is 1. The molecule has 0 aliphatic heterocycles. The third-order valence-electron chi connectivity index (χ3n) is 2.39. The molecule has 4 nitrogen and oxygen atoms in total. The first kappa shape index (κ1) is 9.73. The Morgan fingerprint density at radius 2 is 2.20 bits per heavy atom. The molecule has 0 saturated carbocycles. The second-order valence-electron chi connectivity index (χ2n) is 3.42. The molecule has 4 heteroatoms. The van der Waals surface area contributed by atoms with Gasteiger partial charge >= 0.3 is 0 Å². The Balaban J connectivity index is 2.45. The van der Waals surface area contributed by atoms with Crippen molar-refractivity contribution in [3.63, 3.8) is 0 Å². The predicted molar refractivity (Wildman–Crippen MR) is 59.0 cm³/mol. The number of nitrogens with zero attached hydrogens (tertiary/aromatic N) is 1. The lowest BCUT2D eigenvalue weighted by Crippen LogP contribution is -1.99. The van der Waals surface area contributed by atoms with E-state index in [1.165, 1.54) is 5.56 Å². The number of hydrogen-bond acceptors (Lipinski definition) is 4. The van der Waals surface area contributed by atoms with E-state index in [2.05, 4.69) is 4.98 Å². The average molecular weight is 203 g/mol. The van der Waals surface area contributed by atoms with E-state index in [1.807, 2.05) is 25.1 Å². The van der Waals surface area contributed by atoms with Gasteiger partial charge in [-0.3, -0.25) is 0 Å². The SMILES string of the molecule is Cc1ccc(-c2coc(N)n2)cc1CN. The zero-order valence-corrected chi connectivity index (χ0v) is 8.53. The summed E-state index contributed by atoms with van der Waals surface area (Å²) in [5.74, 6) is 0. The van der Waals surface area contributed by atoms with Gasteiger partial charge in [-0.15, -0.1) is 0 Å². The molecule has 1 aromatic heterocycles. The van der Waals surface area contributed by atoms with Gasteiger partial charge in [0.1, 0.15) is 12.0 Å². The topological polar surface area (TPSA) is 78.1 Å². The maximum absolute atomic E-state index is 5.63. The molecule has 0 radical (unpaired) electrons. The highest BCUT2D eigenvalue weighted by Gasteiger charge is 2.05. The zero-order chi connectivity index (χ0) is 10.8. The minimum atomic E-state index is 0.180. The molecule has 2 aromatic rings. The summed E-state index contributed by atoms with van der Waals surface area (Å²) in [6.45, 7) is 2.55. The van der Waals surface area contributed by atoms with E-state index in [4.69, 9.17) is 15.9 Å². The fourth-order valence-corrected chi connectivity index (χ4v) is 1.47. The first-order valence-corrected chi connectivity index (χ1v) is 4.71. The number of oxazole rings is 1. The second kappa shape index (κ2) is 3.74. The molecule has 0 aliphatic rings. The Morgan fingerprint density at radius 1 is 1.40 bits per heavy atom. The fraction of sp³-hybridized carbons (Fsp3) is 0.182. The van der Waals surface area contributed by atoms with Gasteiger partial charge in [-0.1, -0.05) is 12.1 Å². The lowest BCUT2D eigenvalue weighted by Gasteiger charge is -2.04. The number of hydrogen-bond donors (Lipinski definition) is 2. The van der Waals surface area contributed by atoms with Gasteiger partial charge in [0.15, 0.2) is 0 Å². The van der Waals surface area contributed by atoms with Crippen molar-refractivity contribution in [2.45, 2.75) is 13.5 Å². The largest absolute Gasteiger partial charge is 0.432 e. The molecule has 1 heterocycles. The Morgan fingerprint density at radius 3 is 2.80 bits per heavy atom. The van der Waals surface area contributed by atoms with E-state index < -0.39 is 0 Å². The predicted octanol–water partition coefficient (Wildman–Crippen LogP) is 1.69. The van der Waals surface area contributed by atoms with Gasteiger partial charge in [0.2, 0.25) is 0 Å². The number of aromatic nitrogens is 1. The summed E-state index contributed by atoms with van der Waals surface area (Å²) in [6.07, 6.45) is 1.54. The van der Waals surface area contributed by atoms with Gasteiger partial charge in [0.05, 0.1) is 0 Å². The van der Waals surface area contributed by atoms with Gasteiger partial charge in [0.25, 0.3) is 6.01 Å². The minimum Gasteiger partial charge on any atom is -0.432 e. The number of benzene rings is 1. The monoisotopic (exact) mass is 203 g/mol. The van der Waals surface area contributed by atoms with Crippen molar-refractivity contribution in [3.05, 3.63) is 35.6 Å². The van der Waals surface area contributed by atoms with Crippen molar-refractivity contribution in [2.75, 3.05) is 5.73 Å². The maximum Gasteiger partial charge on any atom is 0.292 e. The lowest BCUT2D eigenvalue weighted by atomic mass is 10.0. The van der Waals surface area contributed by atoms with E-state index in [9.17, 15) is 0 Å². The molecule has 4 N–H and O–H groups in total. The van der Waals surface area contributed by atoms with Crippen molar-refractivity contribution in [1.29, 1.82) is 0 Å². The van der Waals surface area contributed by atoms with E-state index in [1.54, 1.807) is 6.26 Å². The van der Waals surface area contributed by atoms with Gasteiger partial charge in [0, 0.05) is 12.1 Å². The summed E-state index contributed by atoms with van der Waals surface area (Å²) in [6, 6.07) is 6.18. The molecule has 0 bridgehead atoms. The highest BCUT2D eigenvalue weighted by molar-refractivity contribution is 5.60. The van der Waals surface area contributed by atoms with E-state index in [-0.39, 0.29) is 6.01 Å². The molecule has 78 valence electrons. The molecule has 1 aromatic carbocycles. The van der Waals surface area contributed by atoms with Crippen LogP contribution in [0.5, 0.6) is 0 Å². The van der Waals surface area contributed by atoms with Gasteiger partial charge in [-0.25, -0.2) is 0 Å². The summed E-state index contributed by atoms with van der Waals surface area (Å²) in [4.78, 5) is 4.06. The van der Waals surface area contributed by atoms with Crippen LogP contribution in [0.4, 0.5) is 6.01 Å². The van der Waals surface area contributed by atoms with Crippen LogP contribution in [0.1, 0.15) is 11.1 Å². The van der Waals surface area contributed by atoms with Crippen molar-refractivity contribution >= 4 is 6.01 Å². The van der Waals surface area contributed by atoms with Crippen LogP contribution in [0.3, 0.4) is 0 Å². The molecule has 0 spiro atoms. The van der Waals surface area contributed by atoms with Crippen LogP contribution in [0.15, 0.2) is 28.9 Å². The van der Waals surface area contributed by atoms with Crippen molar-refractivity contribution in [3.8, 4) is 11.3 Å². The van der Waals surface area contributed by atoms with Crippen molar-refractivity contribution < 1.29 is 4.42 Å². The molecule has 0 atom stereocenters. The van der Waals surface area contributed by atoms with Crippen LogP contribution in [0.25, 0.3) is 11.3 Å². The van der Waals surface area contributed by atoms with E-state index >= 15 is 0 Å². The van der Waals surface area contributed by atoms with Gasteiger partial charge in [-0.2, -0.15) is 4.98 Å². The number of nitrogens with two attached hydrogens (primary N) is 2. The molecular formula is C11H13N3O. The summed E-state index contributed by atoms with van der Waals surface area (Å²) < 4.78 is 4.96. The quantitative estimate of drug-likeness (QED) is 0.778. The molecule has 0 amide bonds. The molecule has 0 aliphatic carbocycles. The number of nitrogen functional groups attached to an aromatic ring is 1. The summed E-state index contributed by atoms with van der Waals surface area (Å²) >= 11 is 0. The van der Waals surface area contributed by atoms with Crippen LogP contribution in [0.2, 0.25) is 0 Å². The highest BCUT2D eigenvalue weighted by atomic mass is 16.4. The van der Waals surface area contributed by atoms with Crippen molar-refractivity contribution in [1.82, 2.24) is 4.98 Å². The minimum absolute atomic E-state index is 0.180. The molecule has 0 unspecified atom stereocenters. The summed E-state index contributed by atoms with van der Waals surface area (Å²) in [5, 5.41) is 0. The first-order valence-electron chi connectivity index (χ1n) is 4.71. The molecular weight excluding hydrogens is 190 g/mol. The lowest BCUT2D eigenvalue weighted by molar-refractivity contribution is 0.581. The molecule has 0 fully saturated rings. The summed E-state index contributed by atoms with van der Waals surface area (Å²) in [5.41, 5.74) is 15.0. The van der Waals surface area contributed by atoms with Gasteiger partial charge in [-0.05, 0) is 24.1 Å². The Bertz CT molecular complexity index is 476. The number of aryl methyl sites for hydroxylation is 1. The molecule has 15 heavy (non-hydrogen) atoms. The third kappa shape index (κ3) is 1.85. The van der Waals surface area contributed by atoms with Gasteiger partial charge < -0.3 is 15.9 Å². The normalized spacial score (nSPS) is 10.5. The van der Waals surface area contributed by atoms with E-state index in [0.717, 1.165) is 16.8 Å². The number of rotatable bonds is 2. The van der Waals surface area contributed by atoms with Crippen LogP contribution >= 0.6 is 0 Å². The fourth-order valence-electron chi connectivity index (χ4n) is 1.47. The highest BCUT2D eigenvalue weighted by Crippen LogP contribution is 2.22. The Labute approximate surface area is 87.9 Å². The Hall–Kier alpha value is -1.81. The first-order chi connectivity index (χ1) is 7.20. The van der Waals surface area contributed by atoms with Crippen LogP contribution in [-0.4, -0.2) is 4.98 Å². The van der Waals surface area contributed by atoms with Crippen LogP contribution in [-0.2, 0) is 6.54 Å². The average Bonchev–Trinajstić information content (AvgIpc) is 2.66. The van der Waals surface area contributed by atoms with Crippen molar-refractivity contribution in [2.24, 2.45) is 5.73 Å². The van der Waals surface area contributed by atoms with E-state index in [0.29, 0.717) is 6.54 Å².